The van der Waals surface area contributed by atoms with Gasteiger partial charge in [-0.1, -0.05) is 0 Å². The van der Waals surface area contributed by atoms with Gasteiger partial charge >= 0.3 is 0 Å². The first-order valence-corrected chi connectivity index (χ1v) is 6.55. The van der Waals surface area contributed by atoms with Crippen molar-refractivity contribution in [1.82, 2.24) is 14.9 Å². The molecule has 4 N–H and O–H groups in total. The molecule has 0 spiro atoms. The SMILES string of the molecule is Cc1cnc(NN)nc1NC(C)C(=O)N1CCOCC1. The highest BCUT2D eigenvalue weighted by Gasteiger charge is 2.23. The van der Waals surface area contributed by atoms with Gasteiger partial charge in [-0.25, -0.2) is 10.8 Å². The van der Waals surface area contributed by atoms with E-state index in [1.807, 2.05) is 13.8 Å². The molecular weight excluding hydrogens is 260 g/mol. The second kappa shape index (κ2) is 6.49. The van der Waals surface area contributed by atoms with Crippen LogP contribution in [0.1, 0.15) is 12.5 Å². The minimum absolute atomic E-state index is 0.0357. The summed E-state index contributed by atoms with van der Waals surface area (Å²) >= 11 is 0. The Morgan fingerprint density at radius 2 is 2.20 bits per heavy atom. The molecule has 8 nitrogen and oxygen atoms in total. The minimum atomic E-state index is -0.368. The van der Waals surface area contributed by atoms with E-state index in [2.05, 4.69) is 20.7 Å². The molecule has 0 bridgehead atoms. The lowest BCUT2D eigenvalue weighted by molar-refractivity contribution is -0.135. The summed E-state index contributed by atoms with van der Waals surface area (Å²) in [6, 6.07) is -0.368. The zero-order valence-electron chi connectivity index (χ0n) is 11.7. The molecule has 2 heterocycles. The van der Waals surface area contributed by atoms with Crippen LogP contribution in [0.3, 0.4) is 0 Å². The van der Waals surface area contributed by atoms with Crippen molar-refractivity contribution in [3.05, 3.63) is 11.8 Å². The summed E-state index contributed by atoms with van der Waals surface area (Å²) in [5.74, 6) is 6.23. The largest absolute Gasteiger partial charge is 0.378 e. The Kier molecular flexibility index (Phi) is 4.70. The molecule has 1 aromatic heterocycles. The Labute approximate surface area is 117 Å². The number of aryl methyl sites for hydroxylation is 1. The van der Waals surface area contributed by atoms with Crippen LogP contribution < -0.4 is 16.6 Å². The number of amides is 1. The fraction of sp³-hybridized carbons (Fsp3) is 0.583. The third-order valence-corrected chi connectivity index (χ3v) is 3.15. The molecule has 1 aliphatic rings. The number of anilines is 2. The Hall–Kier alpha value is -1.93. The highest BCUT2D eigenvalue weighted by atomic mass is 16.5. The number of nitrogens with two attached hydrogens (primary N) is 1. The monoisotopic (exact) mass is 280 g/mol. The Balaban J connectivity index is 2.03. The molecule has 1 amide bonds. The molecule has 0 aliphatic carbocycles. The Morgan fingerprint density at radius 1 is 1.50 bits per heavy atom. The first-order valence-electron chi connectivity index (χ1n) is 6.55. The van der Waals surface area contributed by atoms with E-state index in [9.17, 15) is 4.79 Å². The molecule has 1 unspecified atom stereocenters. The number of hydrazine groups is 1. The highest BCUT2D eigenvalue weighted by molar-refractivity contribution is 5.84. The summed E-state index contributed by atoms with van der Waals surface area (Å²) < 4.78 is 5.24. The van der Waals surface area contributed by atoms with Gasteiger partial charge in [-0.2, -0.15) is 4.98 Å². The highest BCUT2D eigenvalue weighted by Crippen LogP contribution is 2.14. The van der Waals surface area contributed by atoms with Gasteiger partial charge in [0.2, 0.25) is 11.9 Å². The van der Waals surface area contributed by atoms with Crippen LogP contribution in [0.15, 0.2) is 6.20 Å². The van der Waals surface area contributed by atoms with Crippen LogP contribution in [0.4, 0.5) is 11.8 Å². The molecule has 0 radical (unpaired) electrons. The first-order chi connectivity index (χ1) is 9.61. The quantitative estimate of drug-likeness (QED) is 0.515. The van der Waals surface area contributed by atoms with Gasteiger partial charge in [0.1, 0.15) is 11.9 Å². The molecule has 20 heavy (non-hydrogen) atoms. The van der Waals surface area contributed by atoms with Crippen LogP contribution in [0.5, 0.6) is 0 Å². The number of nitrogen functional groups attached to an aromatic ring is 1. The maximum Gasteiger partial charge on any atom is 0.244 e. The van der Waals surface area contributed by atoms with Crippen molar-refractivity contribution in [2.45, 2.75) is 19.9 Å². The van der Waals surface area contributed by atoms with Crippen molar-refractivity contribution in [2.24, 2.45) is 5.84 Å². The van der Waals surface area contributed by atoms with Gasteiger partial charge in [0.05, 0.1) is 13.2 Å². The molecular formula is C12H20N6O2. The Bertz CT molecular complexity index is 475. The first kappa shape index (κ1) is 14.5. The number of rotatable bonds is 4. The van der Waals surface area contributed by atoms with Crippen LogP contribution in [0.25, 0.3) is 0 Å². The second-order valence-corrected chi connectivity index (χ2v) is 4.67. The smallest absolute Gasteiger partial charge is 0.244 e. The lowest BCUT2D eigenvalue weighted by Crippen LogP contribution is -2.47. The molecule has 2 rings (SSSR count). The van der Waals surface area contributed by atoms with E-state index in [1.54, 1.807) is 11.1 Å². The summed E-state index contributed by atoms with van der Waals surface area (Å²) in [4.78, 5) is 22.3. The van der Waals surface area contributed by atoms with Crippen LogP contribution in [-0.2, 0) is 9.53 Å². The van der Waals surface area contributed by atoms with Crippen LogP contribution in [-0.4, -0.2) is 53.1 Å². The van der Waals surface area contributed by atoms with Crippen molar-refractivity contribution >= 4 is 17.7 Å². The normalized spacial score (nSPS) is 16.6. The van der Waals surface area contributed by atoms with E-state index < -0.39 is 0 Å². The van der Waals surface area contributed by atoms with E-state index in [-0.39, 0.29) is 11.9 Å². The van der Waals surface area contributed by atoms with Crippen molar-refractivity contribution in [3.8, 4) is 0 Å². The average molecular weight is 280 g/mol. The fourth-order valence-corrected chi connectivity index (χ4v) is 1.98. The standard InChI is InChI=1S/C12H20N6O2/c1-8-7-14-12(17-13)16-10(8)15-9(2)11(19)18-3-5-20-6-4-18/h7,9H,3-6,13H2,1-2H3,(H2,14,15,16,17). The molecule has 0 aromatic carbocycles. The van der Waals surface area contributed by atoms with Crippen molar-refractivity contribution in [1.29, 1.82) is 0 Å². The lowest BCUT2D eigenvalue weighted by Gasteiger charge is -2.29. The number of ether oxygens (including phenoxy) is 1. The van der Waals surface area contributed by atoms with E-state index in [1.165, 1.54) is 0 Å². The second-order valence-electron chi connectivity index (χ2n) is 4.67. The number of carbonyl (C=O) groups excluding carboxylic acids is 1. The summed E-state index contributed by atoms with van der Waals surface area (Å²) in [7, 11) is 0. The fourth-order valence-electron chi connectivity index (χ4n) is 1.98. The van der Waals surface area contributed by atoms with Gasteiger partial charge in [0.25, 0.3) is 0 Å². The van der Waals surface area contributed by atoms with Gasteiger partial charge in [0, 0.05) is 24.8 Å². The number of nitrogens with zero attached hydrogens (tertiary/aromatic N) is 3. The summed E-state index contributed by atoms with van der Waals surface area (Å²) in [5, 5.41) is 3.10. The molecule has 8 heteroatoms. The van der Waals surface area contributed by atoms with Crippen LogP contribution in [0.2, 0.25) is 0 Å². The van der Waals surface area contributed by atoms with E-state index in [4.69, 9.17) is 10.6 Å². The number of hydrogen-bond donors (Lipinski definition) is 3. The number of morpholine rings is 1. The maximum absolute atomic E-state index is 12.3. The lowest BCUT2D eigenvalue weighted by atomic mass is 10.2. The number of nitrogens with one attached hydrogen (secondary N) is 2. The third kappa shape index (κ3) is 3.34. The molecule has 110 valence electrons. The molecule has 1 aliphatic heterocycles. The van der Waals surface area contributed by atoms with E-state index in [0.29, 0.717) is 38.1 Å². The van der Waals surface area contributed by atoms with Gasteiger partial charge in [0.15, 0.2) is 0 Å². The number of carbonyl (C=O) groups is 1. The average Bonchev–Trinajstić information content (AvgIpc) is 2.49. The van der Waals surface area contributed by atoms with Gasteiger partial charge in [-0.15, -0.1) is 0 Å². The van der Waals surface area contributed by atoms with Gasteiger partial charge in [-0.3, -0.25) is 10.2 Å². The zero-order valence-corrected chi connectivity index (χ0v) is 11.7. The number of hydrogen-bond acceptors (Lipinski definition) is 7. The Morgan fingerprint density at radius 3 is 2.85 bits per heavy atom. The summed E-state index contributed by atoms with van der Waals surface area (Å²) in [6.45, 7) is 6.12. The van der Waals surface area contributed by atoms with Crippen LogP contribution >= 0.6 is 0 Å². The van der Waals surface area contributed by atoms with E-state index in [0.717, 1.165) is 5.56 Å². The van der Waals surface area contributed by atoms with Crippen molar-refractivity contribution < 1.29 is 9.53 Å². The summed E-state index contributed by atoms with van der Waals surface area (Å²) in [5.41, 5.74) is 3.24. The van der Waals surface area contributed by atoms with Crippen molar-refractivity contribution in [2.75, 3.05) is 37.0 Å². The number of aromatic nitrogens is 2. The predicted octanol–water partition coefficient (Wildman–Crippen LogP) is -0.270. The molecule has 1 atom stereocenters. The van der Waals surface area contributed by atoms with Crippen molar-refractivity contribution in [3.63, 3.8) is 0 Å². The van der Waals surface area contributed by atoms with E-state index >= 15 is 0 Å². The topological polar surface area (TPSA) is 105 Å². The molecule has 1 saturated heterocycles. The summed E-state index contributed by atoms with van der Waals surface area (Å²) in [6.07, 6.45) is 1.65. The molecule has 1 fully saturated rings. The van der Waals surface area contributed by atoms with Gasteiger partial charge < -0.3 is 15.0 Å². The third-order valence-electron chi connectivity index (χ3n) is 3.15. The molecule has 0 saturated carbocycles. The minimum Gasteiger partial charge on any atom is -0.378 e. The zero-order chi connectivity index (χ0) is 14.5. The van der Waals surface area contributed by atoms with Crippen LogP contribution in [0, 0.1) is 6.92 Å². The van der Waals surface area contributed by atoms with Gasteiger partial charge in [-0.05, 0) is 13.8 Å². The predicted molar refractivity (Wildman–Crippen MR) is 75.1 cm³/mol. The maximum atomic E-state index is 12.3. The molecule has 1 aromatic rings.